The Morgan fingerprint density at radius 3 is 2.39 bits per heavy atom. The fourth-order valence-corrected chi connectivity index (χ4v) is 4.15. The molecule has 2 aliphatic heterocycles. The number of rotatable bonds is 2. The van der Waals surface area contributed by atoms with Gasteiger partial charge < -0.3 is 19.6 Å². The predicted molar refractivity (Wildman–Crippen MR) is 117 cm³/mol. The third-order valence-corrected chi connectivity index (χ3v) is 6.09. The van der Waals surface area contributed by atoms with Gasteiger partial charge in [-0.2, -0.15) is 0 Å². The van der Waals surface area contributed by atoms with Crippen molar-refractivity contribution in [1.29, 1.82) is 0 Å². The van der Waals surface area contributed by atoms with E-state index in [-0.39, 0.29) is 6.17 Å². The highest BCUT2D eigenvalue weighted by Gasteiger charge is 2.33. The lowest BCUT2D eigenvalue weighted by molar-refractivity contribution is 0.383. The highest BCUT2D eigenvalue weighted by atomic mass is 15.4. The van der Waals surface area contributed by atoms with E-state index in [2.05, 4.69) is 108 Å². The van der Waals surface area contributed by atoms with Crippen LogP contribution in [0.25, 0.3) is 10.9 Å². The normalized spacial score (nSPS) is 21.1. The van der Waals surface area contributed by atoms with E-state index in [0.717, 1.165) is 17.0 Å². The molecule has 0 saturated heterocycles. The molecule has 28 heavy (non-hydrogen) atoms. The lowest BCUT2D eigenvalue weighted by Crippen LogP contribution is -2.36. The number of nitrogens with zero attached hydrogens (tertiary/aromatic N) is 5. The SMILES string of the molecule is C[C@@H]1N(C)C=CN1c1cccc(N2c3nc4ccccc4cc3N(C)[C@@H]2C)c1. The molecule has 0 fully saturated rings. The van der Waals surface area contributed by atoms with Gasteiger partial charge in [-0.05, 0) is 44.2 Å². The summed E-state index contributed by atoms with van der Waals surface area (Å²) < 4.78 is 0. The van der Waals surface area contributed by atoms with Gasteiger partial charge in [0.1, 0.15) is 12.3 Å². The number of fused-ring (bicyclic) bond motifs is 2. The van der Waals surface area contributed by atoms with Crippen molar-refractivity contribution >= 4 is 33.8 Å². The average Bonchev–Trinajstić information content (AvgIpc) is 3.17. The summed E-state index contributed by atoms with van der Waals surface area (Å²) in [5, 5.41) is 1.18. The van der Waals surface area contributed by atoms with Gasteiger partial charge in [-0.1, -0.05) is 24.3 Å². The second-order valence-electron chi connectivity index (χ2n) is 7.66. The van der Waals surface area contributed by atoms with E-state index in [4.69, 9.17) is 4.98 Å². The highest BCUT2D eigenvalue weighted by Crippen LogP contribution is 2.44. The molecule has 0 radical (unpaired) electrons. The molecule has 0 spiro atoms. The minimum absolute atomic E-state index is 0.198. The summed E-state index contributed by atoms with van der Waals surface area (Å²) in [7, 11) is 4.25. The lowest BCUT2D eigenvalue weighted by atomic mass is 10.2. The van der Waals surface area contributed by atoms with Crippen molar-refractivity contribution in [3.8, 4) is 0 Å². The molecule has 0 saturated carbocycles. The zero-order valence-electron chi connectivity index (χ0n) is 16.7. The van der Waals surface area contributed by atoms with E-state index in [0.29, 0.717) is 6.17 Å². The van der Waals surface area contributed by atoms with Gasteiger partial charge in [0.25, 0.3) is 0 Å². The highest BCUT2D eigenvalue weighted by molar-refractivity contribution is 5.91. The maximum absolute atomic E-state index is 5.02. The quantitative estimate of drug-likeness (QED) is 0.648. The molecule has 3 heterocycles. The van der Waals surface area contributed by atoms with Crippen molar-refractivity contribution in [3.63, 3.8) is 0 Å². The molecule has 0 unspecified atom stereocenters. The van der Waals surface area contributed by atoms with Crippen molar-refractivity contribution < 1.29 is 0 Å². The van der Waals surface area contributed by atoms with Gasteiger partial charge >= 0.3 is 0 Å². The summed E-state index contributed by atoms with van der Waals surface area (Å²) in [5.41, 5.74) is 4.55. The Bertz CT molecular complexity index is 1080. The smallest absolute Gasteiger partial charge is 0.159 e. The molecule has 0 aliphatic carbocycles. The zero-order valence-corrected chi connectivity index (χ0v) is 16.7. The second kappa shape index (κ2) is 6.16. The summed E-state index contributed by atoms with van der Waals surface area (Å²) in [5.74, 6) is 1.02. The fraction of sp³-hybridized carbons (Fsp3) is 0.261. The minimum Gasteiger partial charge on any atom is -0.359 e. The first kappa shape index (κ1) is 16.9. The molecule has 5 heteroatoms. The molecule has 2 aromatic carbocycles. The number of hydrogen-bond donors (Lipinski definition) is 0. The summed E-state index contributed by atoms with van der Waals surface area (Å²) in [6, 6.07) is 19.3. The van der Waals surface area contributed by atoms with Crippen LogP contribution in [-0.2, 0) is 0 Å². The molecule has 1 aromatic heterocycles. The first-order valence-electron chi connectivity index (χ1n) is 9.75. The van der Waals surface area contributed by atoms with Crippen molar-refractivity contribution in [3.05, 3.63) is 67.0 Å². The third-order valence-electron chi connectivity index (χ3n) is 6.09. The first-order chi connectivity index (χ1) is 13.5. The number of hydrogen-bond acceptors (Lipinski definition) is 5. The molecular formula is C23H25N5. The van der Waals surface area contributed by atoms with Gasteiger partial charge in [0.05, 0.1) is 11.2 Å². The summed E-state index contributed by atoms with van der Waals surface area (Å²) in [6.45, 7) is 4.44. The van der Waals surface area contributed by atoms with Gasteiger partial charge in [-0.3, -0.25) is 0 Å². The minimum atomic E-state index is 0.198. The van der Waals surface area contributed by atoms with Crippen molar-refractivity contribution in [2.45, 2.75) is 26.2 Å². The number of para-hydroxylation sites is 1. The van der Waals surface area contributed by atoms with Crippen LogP contribution in [-0.4, -0.2) is 36.3 Å². The number of anilines is 4. The van der Waals surface area contributed by atoms with Crippen LogP contribution in [0.4, 0.5) is 22.9 Å². The molecule has 0 N–H and O–H groups in total. The number of pyridine rings is 1. The third kappa shape index (κ3) is 2.43. The maximum atomic E-state index is 5.02. The molecule has 3 aromatic rings. The lowest BCUT2D eigenvalue weighted by Gasteiger charge is -2.30. The molecule has 2 atom stereocenters. The molecular weight excluding hydrogens is 346 g/mol. The topological polar surface area (TPSA) is 25.9 Å². The van der Waals surface area contributed by atoms with Gasteiger partial charge in [-0.25, -0.2) is 4.98 Å². The molecule has 5 nitrogen and oxygen atoms in total. The van der Waals surface area contributed by atoms with Crippen molar-refractivity contribution in [2.24, 2.45) is 0 Å². The fourth-order valence-electron chi connectivity index (χ4n) is 4.15. The van der Waals surface area contributed by atoms with Crippen LogP contribution in [0.1, 0.15) is 13.8 Å². The molecule has 0 amide bonds. The van der Waals surface area contributed by atoms with Crippen molar-refractivity contribution in [1.82, 2.24) is 9.88 Å². The Kier molecular flexibility index (Phi) is 3.72. The Balaban J connectivity index is 1.60. The van der Waals surface area contributed by atoms with Gasteiger partial charge in [0, 0.05) is 43.3 Å². The standard InChI is InChI=1S/C23H25N5/c1-16-25(3)12-13-27(16)19-9-7-10-20(15-19)28-17(2)26(4)22-14-18-8-5-6-11-21(18)24-23(22)28/h5-17H,1-4H3/t16-,17+/m1/s1. The largest absolute Gasteiger partial charge is 0.359 e. The maximum Gasteiger partial charge on any atom is 0.159 e. The molecule has 5 rings (SSSR count). The van der Waals surface area contributed by atoms with Crippen LogP contribution in [0.5, 0.6) is 0 Å². The van der Waals surface area contributed by atoms with Crippen LogP contribution in [0.3, 0.4) is 0 Å². The van der Waals surface area contributed by atoms with Crippen LogP contribution >= 0.6 is 0 Å². The Labute approximate surface area is 166 Å². The van der Waals surface area contributed by atoms with Gasteiger partial charge in [0.2, 0.25) is 0 Å². The van der Waals surface area contributed by atoms with Crippen LogP contribution in [0, 0.1) is 0 Å². The number of benzene rings is 2. The van der Waals surface area contributed by atoms with E-state index in [1.54, 1.807) is 0 Å². The Morgan fingerprint density at radius 1 is 0.821 bits per heavy atom. The van der Waals surface area contributed by atoms with E-state index < -0.39 is 0 Å². The van der Waals surface area contributed by atoms with E-state index >= 15 is 0 Å². The van der Waals surface area contributed by atoms with E-state index in [1.807, 2.05) is 6.07 Å². The predicted octanol–water partition coefficient (Wildman–Crippen LogP) is 4.74. The van der Waals surface area contributed by atoms with Crippen LogP contribution < -0.4 is 14.7 Å². The van der Waals surface area contributed by atoms with Crippen molar-refractivity contribution in [2.75, 3.05) is 28.8 Å². The Hall–Kier alpha value is -3.21. The average molecular weight is 371 g/mol. The van der Waals surface area contributed by atoms with Crippen LogP contribution in [0.15, 0.2) is 67.0 Å². The number of aromatic nitrogens is 1. The first-order valence-corrected chi connectivity index (χ1v) is 9.75. The van der Waals surface area contributed by atoms with E-state index in [1.165, 1.54) is 16.8 Å². The summed E-state index contributed by atoms with van der Waals surface area (Å²) in [4.78, 5) is 14.2. The summed E-state index contributed by atoms with van der Waals surface area (Å²) >= 11 is 0. The zero-order chi connectivity index (χ0) is 19.4. The second-order valence-corrected chi connectivity index (χ2v) is 7.66. The molecule has 0 bridgehead atoms. The van der Waals surface area contributed by atoms with E-state index in [9.17, 15) is 0 Å². The molecule has 2 aliphatic rings. The summed E-state index contributed by atoms with van der Waals surface area (Å²) in [6.07, 6.45) is 4.77. The monoisotopic (exact) mass is 371 g/mol. The Morgan fingerprint density at radius 2 is 1.61 bits per heavy atom. The molecule has 142 valence electrons. The van der Waals surface area contributed by atoms with Crippen LogP contribution in [0.2, 0.25) is 0 Å². The van der Waals surface area contributed by atoms with Gasteiger partial charge in [-0.15, -0.1) is 0 Å². The van der Waals surface area contributed by atoms with Gasteiger partial charge in [0.15, 0.2) is 5.82 Å².